The predicted octanol–water partition coefficient (Wildman–Crippen LogP) is 4.64. The van der Waals surface area contributed by atoms with Gasteiger partial charge >= 0.3 is 11.8 Å². The van der Waals surface area contributed by atoms with E-state index in [0.717, 1.165) is 15.8 Å². The van der Waals surface area contributed by atoms with Crippen LogP contribution < -0.4 is 5.32 Å². The van der Waals surface area contributed by atoms with Gasteiger partial charge in [-0.3, -0.25) is 9.59 Å². The number of nitrogens with zero attached hydrogens (tertiary/aromatic N) is 2. The molecule has 7 rings (SSSR count). The molecule has 3 aliphatic rings. The van der Waals surface area contributed by atoms with E-state index in [1.165, 1.54) is 29.7 Å². The Morgan fingerprint density at radius 3 is 2.59 bits per heavy atom. The molecule has 3 heterocycles. The fraction of sp³-hybridized carbons (Fsp3) is 0.179. The standard InChI is InChI=1S/C28H19N3O5S/c1-2-36-21-11-12-31(21)27(34)15-10-9-14(13-18(15)28(31)35)26(33)29-19-7-3-5-16-22(19)25(32)17-6-4-8-20-23(17)24(16)30-37-20/h3-10,13,21H,2,11-12H2,1H3/p+1. The van der Waals surface area contributed by atoms with Crippen LogP contribution in [0.4, 0.5) is 5.69 Å². The summed E-state index contributed by atoms with van der Waals surface area (Å²) in [6, 6.07) is 15.4. The van der Waals surface area contributed by atoms with Crippen molar-refractivity contribution in [2.45, 2.75) is 19.6 Å². The summed E-state index contributed by atoms with van der Waals surface area (Å²) < 4.78 is 10.8. The van der Waals surface area contributed by atoms with E-state index in [1.807, 2.05) is 25.1 Å². The maximum absolute atomic E-state index is 13.5. The van der Waals surface area contributed by atoms with Crippen LogP contribution in [0.5, 0.6) is 0 Å². The second-order valence-corrected chi connectivity index (χ2v) is 10.2. The summed E-state index contributed by atoms with van der Waals surface area (Å²) in [5.41, 5.74) is 3.49. The molecule has 1 saturated heterocycles. The first-order valence-electron chi connectivity index (χ1n) is 12.1. The molecule has 4 aromatic rings. The summed E-state index contributed by atoms with van der Waals surface area (Å²) in [5, 5.41) is 3.69. The topological polar surface area (TPSA) is 102 Å². The number of rotatable bonds is 4. The zero-order chi connectivity index (χ0) is 25.5. The third kappa shape index (κ3) is 2.81. The van der Waals surface area contributed by atoms with Gasteiger partial charge in [0.05, 0.1) is 45.8 Å². The first-order valence-corrected chi connectivity index (χ1v) is 12.8. The zero-order valence-corrected chi connectivity index (χ0v) is 20.6. The van der Waals surface area contributed by atoms with Crippen LogP contribution in [0.15, 0.2) is 54.6 Å². The maximum Gasteiger partial charge on any atom is 0.356 e. The fourth-order valence-electron chi connectivity index (χ4n) is 5.72. The van der Waals surface area contributed by atoms with Crippen LogP contribution in [0, 0.1) is 0 Å². The number of anilines is 1. The van der Waals surface area contributed by atoms with Crippen molar-refractivity contribution < 1.29 is 28.4 Å². The molecular weight excluding hydrogens is 490 g/mol. The Morgan fingerprint density at radius 1 is 1.03 bits per heavy atom. The van der Waals surface area contributed by atoms with Gasteiger partial charge in [0, 0.05) is 22.1 Å². The zero-order valence-electron chi connectivity index (χ0n) is 19.7. The minimum absolute atomic E-state index is 0.176. The van der Waals surface area contributed by atoms with Crippen molar-refractivity contribution in [3.63, 3.8) is 0 Å². The highest BCUT2D eigenvalue weighted by Gasteiger charge is 2.64. The van der Waals surface area contributed by atoms with Gasteiger partial charge in [0.2, 0.25) is 6.23 Å². The van der Waals surface area contributed by atoms with E-state index >= 15 is 0 Å². The van der Waals surface area contributed by atoms with Crippen molar-refractivity contribution in [1.29, 1.82) is 0 Å². The van der Waals surface area contributed by atoms with E-state index in [2.05, 4.69) is 9.69 Å². The molecule has 0 saturated carbocycles. The number of carbonyl (C=O) groups excluding carboxylic acids is 4. The van der Waals surface area contributed by atoms with Crippen molar-refractivity contribution in [2.24, 2.45) is 0 Å². The first-order chi connectivity index (χ1) is 18.0. The van der Waals surface area contributed by atoms with Gasteiger partial charge in [0.1, 0.15) is 6.54 Å². The molecule has 1 fully saturated rings. The third-order valence-electron chi connectivity index (χ3n) is 7.58. The minimum Gasteiger partial charge on any atom is -0.328 e. The van der Waals surface area contributed by atoms with Crippen molar-refractivity contribution in [3.8, 4) is 11.3 Å². The van der Waals surface area contributed by atoms with Gasteiger partial charge in [-0.1, -0.05) is 24.3 Å². The molecule has 0 radical (unpaired) electrons. The van der Waals surface area contributed by atoms with E-state index in [4.69, 9.17) is 4.74 Å². The molecule has 9 heteroatoms. The molecule has 37 heavy (non-hydrogen) atoms. The summed E-state index contributed by atoms with van der Waals surface area (Å²) in [6.07, 6.45) is 0.144. The van der Waals surface area contributed by atoms with Crippen molar-refractivity contribution >= 4 is 50.8 Å². The number of benzene rings is 3. The number of hydrogen-bond donors (Lipinski definition) is 1. The number of ether oxygens (including phenoxy) is 1. The summed E-state index contributed by atoms with van der Waals surface area (Å²) >= 11 is 1.34. The Balaban J connectivity index is 1.24. The molecule has 1 N–H and O–H groups in total. The smallest absolute Gasteiger partial charge is 0.328 e. The molecule has 8 nitrogen and oxygen atoms in total. The van der Waals surface area contributed by atoms with Crippen LogP contribution in [0.3, 0.4) is 0 Å². The Kier molecular flexibility index (Phi) is 4.63. The van der Waals surface area contributed by atoms with Gasteiger partial charge in [-0.15, -0.1) is 0 Å². The van der Waals surface area contributed by atoms with Gasteiger partial charge < -0.3 is 10.1 Å². The largest absolute Gasteiger partial charge is 0.356 e. The van der Waals surface area contributed by atoms with Crippen LogP contribution in [0.1, 0.15) is 60.3 Å². The molecule has 2 unspecified atom stereocenters. The number of amides is 3. The molecule has 2 aliphatic heterocycles. The molecule has 1 spiro atoms. The normalized spacial score (nSPS) is 21.2. The maximum atomic E-state index is 13.5. The van der Waals surface area contributed by atoms with E-state index < -0.39 is 12.1 Å². The highest BCUT2D eigenvalue weighted by atomic mass is 32.1. The first kappa shape index (κ1) is 22.2. The highest BCUT2D eigenvalue weighted by Crippen LogP contribution is 2.43. The molecule has 1 aliphatic carbocycles. The Labute approximate surface area is 215 Å². The summed E-state index contributed by atoms with van der Waals surface area (Å²) in [5.74, 6) is -1.27. The van der Waals surface area contributed by atoms with E-state index in [9.17, 15) is 19.2 Å². The third-order valence-corrected chi connectivity index (χ3v) is 8.40. The van der Waals surface area contributed by atoms with Gasteiger partial charge in [-0.2, -0.15) is 8.86 Å². The van der Waals surface area contributed by atoms with Gasteiger partial charge in [0.25, 0.3) is 5.91 Å². The van der Waals surface area contributed by atoms with Gasteiger partial charge in [-0.05, 0) is 48.8 Å². The van der Waals surface area contributed by atoms with Crippen molar-refractivity contribution in [1.82, 2.24) is 4.37 Å². The molecule has 1 aromatic heterocycles. The second-order valence-electron chi connectivity index (χ2n) is 9.38. The number of imide groups is 1. The van der Waals surface area contributed by atoms with Crippen molar-refractivity contribution in [3.05, 3.63) is 82.4 Å². The molecule has 3 aromatic carbocycles. The predicted molar refractivity (Wildman–Crippen MR) is 137 cm³/mol. The Hall–Kier alpha value is -4.05. The van der Waals surface area contributed by atoms with Gasteiger partial charge in [0.15, 0.2) is 5.78 Å². The lowest BCUT2D eigenvalue weighted by Crippen LogP contribution is -2.69. The quantitative estimate of drug-likeness (QED) is 0.279. The summed E-state index contributed by atoms with van der Waals surface area (Å²) in [6.45, 7) is 2.63. The molecule has 182 valence electrons. The number of aromatic nitrogens is 1. The van der Waals surface area contributed by atoms with Crippen LogP contribution in [-0.2, 0) is 4.74 Å². The number of carbonyl (C=O) groups is 4. The Bertz CT molecular complexity index is 1720. The molecular formula is C28H20N3O5S+. The number of ketones is 1. The number of hydrogen-bond acceptors (Lipinski definition) is 7. The number of nitrogens with one attached hydrogen (secondary N) is 1. The summed E-state index contributed by atoms with van der Waals surface area (Å²) in [7, 11) is 0. The van der Waals surface area contributed by atoms with Crippen LogP contribution in [-0.4, -0.2) is 51.7 Å². The average molecular weight is 511 g/mol. The lowest BCUT2D eigenvalue weighted by Gasteiger charge is -2.43. The van der Waals surface area contributed by atoms with E-state index in [0.29, 0.717) is 47.5 Å². The number of fused-ring (bicyclic) bond motifs is 3. The molecule has 3 amide bonds. The molecule has 0 bridgehead atoms. The fourth-order valence-corrected chi connectivity index (χ4v) is 6.54. The summed E-state index contributed by atoms with van der Waals surface area (Å²) in [4.78, 5) is 53.3. The van der Waals surface area contributed by atoms with Crippen molar-refractivity contribution in [2.75, 3.05) is 18.5 Å². The monoisotopic (exact) mass is 510 g/mol. The lowest BCUT2D eigenvalue weighted by atomic mass is 9.86. The SMILES string of the molecule is CCOC1CC[N+]12C(=O)c1ccc(C(=O)Nc3cccc4c3C(=O)c3cccc5snc-4c35)cc1C2=O. The van der Waals surface area contributed by atoms with Gasteiger partial charge in [-0.25, -0.2) is 9.59 Å². The number of quaternary nitrogens is 1. The second kappa shape index (κ2) is 7.72. The van der Waals surface area contributed by atoms with Crippen LogP contribution in [0.2, 0.25) is 0 Å². The minimum atomic E-state index is -0.489. The van der Waals surface area contributed by atoms with Crippen LogP contribution >= 0.6 is 11.5 Å². The highest BCUT2D eigenvalue weighted by molar-refractivity contribution is 7.13. The van der Waals surface area contributed by atoms with E-state index in [-0.39, 0.29) is 33.2 Å². The Morgan fingerprint density at radius 2 is 1.81 bits per heavy atom. The van der Waals surface area contributed by atoms with E-state index in [1.54, 1.807) is 18.2 Å². The average Bonchev–Trinajstić information content (AvgIpc) is 3.43. The molecule has 2 atom stereocenters. The lowest BCUT2D eigenvalue weighted by molar-refractivity contribution is -0.867. The van der Waals surface area contributed by atoms with Crippen LogP contribution in [0.25, 0.3) is 21.3 Å².